The number of benzene rings is 2. The lowest BCUT2D eigenvalue weighted by atomic mass is 10.0. The first kappa shape index (κ1) is 25.6. The largest absolute Gasteiger partial charge is 0.158 e. The van der Waals surface area contributed by atoms with Crippen LogP contribution in [-0.4, -0.2) is 23.8 Å². The van der Waals surface area contributed by atoms with E-state index in [0.717, 1.165) is 0 Å². The molecule has 1 fully saturated rings. The molecule has 4 atom stereocenters. The van der Waals surface area contributed by atoms with Crippen LogP contribution in [0.15, 0.2) is 93.6 Å². The molecule has 3 heterocycles. The predicted molar refractivity (Wildman–Crippen MR) is 168 cm³/mol. The summed E-state index contributed by atoms with van der Waals surface area (Å²) in [6, 6.07) is 22.7. The van der Waals surface area contributed by atoms with Crippen molar-refractivity contribution in [3.8, 4) is 0 Å². The van der Waals surface area contributed by atoms with E-state index < -0.39 is 12.9 Å². The molecule has 0 aliphatic carbocycles. The zero-order chi connectivity index (χ0) is 25.1. The van der Waals surface area contributed by atoms with Gasteiger partial charge >= 0.3 is 0 Å². The van der Waals surface area contributed by atoms with Gasteiger partial charge in [-0.3, -0.25) is 0 Å². The van der Waals surface area contributed by atoms with Crippen LogP contribution in [0.3, 0.4) is 0 Å². The standard InChI is InChI=1S/C31H38P2S2/c1-20-19-21(2)33(35-8)29(27-17-13-10-14-18-27)23(4)25(6)31(33)30-24(5)22(3)28(32(20,30)34-7)26-15-11-9-12-16-26/h9-18,20-21H,19H2,1-8H3/q+2/t20-,21-,32?,33?/m0/s1. The van der Waals surface area contributed by atoms with Crippen LogP contribution in [0.1, 0.15) is 59.1 Å². The lowest BCUT2D eigenvalue weighted by Gasteiger charge is -2.30. The molecule has 3 aliphatic rings. The molecule has 5 rings (SSSR count). The molecule has 0 radical (unpaired) electrons. The quantitative estimate of drug-likeness (QED) is 0.356. The van der Waals surface area contributed by atoms with Gasteiger partial charge in [-0.2, -0.15) is 0 Å². The fourth-order valence-electron chi connectivity index (χ4n) is 7.01. The maximum Gasteiger partial charge on any atom is 0.158 e. The van der Waals surface area contributed by atoms with Gasteiger partial charge in [-0.1, -0.05) is 60.7 Å². The van der Waals surface area contributed by atoms with Crippen LogP contribution < -0.4 is 0 Å². The van der Waals surface area contributed by atoms with Gasteiger partial charge in [0.15, 0.2) is 10.6 Å². The second-order valence-electron chi connectivity index (χ2n) is 10.2. The second-order valence-corrected chi connectivity index (χ2v) is 22.8. The summed E-state index contributed by atoms with van der Waals surface area (Å²) in [6.45, 7) is 11.6. The molecule has 182 valence electrons. The average molecular weight is 537 g/mol. The Kier molecular flexibility index (Phi) is 6.85. The number of fused-ring (bicyclic) bond motifs is 3. The Hall–Kier alpha value is -1.04. The maximum atomic E-state index is 2.59. The molecule has 4 heteroatoms. The van der Waals surface area contributed by atoms with Crippen LogP contribution in [-0.2, 0) is 0 Å². The Morgan fingerprint density at radius 3 is 1.17 bits per heavy atom. The van der Waals surface area contributed by atoms with Crippen LogP contribution in [0.4, 0.5) is 0 Å². The molecule has 2 aromatic rings. The van der Waals surface area contributed by atoms with Crippen LogP contribution in [0.25, 0.3) is 10.6 Å². The highest BCUT2D eigenvalue weighted by molar-refractivity contribution is 8.69. The van der Waals surface area contributed by atoms with Gasteiger partial charge in [0, 0.05) is 75.1 Å². The zero-order valence-electron chi connectivity index (χ0n) is 22.3. The molecule has 0 aromatic heterocycles. The van der Waals surface area contributed by atoms with Crippen molar-refractivity contribution in [1.82, 2.24) is 0 Å². The number of allylic oxidation sites excluding steroid dienone is 6. The van der Waals surface area contributed by atoms with Crippen molar-refractivity contribution in [2.45, 2.75) is 59.3 Å². The smallest absolute Gasteiger partial charge is 0.0622 e. The van der Waals surface area contributed by atoms with Crippen molar-refractivity contribution in [1.29, 1.82) is 0 Å². The summed E-state index contributed by atoms with van der Waals surface area (Å²) in [6.07, 6.45) is 6.12. The van der Waals surface area contributed by atoms with Gasteiger partial charge in [0.25, 0.3) is 0 Å². The molecule has 2 unspecified atom stereocenters. The summed E-state index contributed by atoms with van der Waals surface area (Å²) >= 11 is 4.41. The van der Waals surface area contributed by atoms with E-state index in [1.165, 1.54) is 17.5 Å². The molecule has 0 N–H and O–H groups in total. The Bertz CT molecular complexity index is 1200. The van der Waals surface area contributed by atoms with Gasteiger partial charge < -0.3 is 0 Å². The minimum absolute atomic E-state index is 0.664. The normalized spacial score (nSPS) is 30.7. The van der Waals surface area contributed by atoms with Gasteiger partial charge in [0.05, 0.1) is 11.3 Å². The predicted octanol–water partition coefficient (Wildman–Crippen LogP) is 11.2. The monoisotopic (exact) mass is 536 g/mol. The number of hydrogen-bond donors (Lipinski definition) is 0. The van der Waals surface area contributed by atoms with E-state index in [1.54, 1.807) is 43.5 Å². The Balaban J connectivity index is 1.85. The molecular weight excluding hydrogens is 498 g/mol. The summed E-state index contributed by atoms with van der Waals surface area (Å²) in [5.74, 6) is 0. The highest BCUT2D eigenvalue weighted by Crippen LogP contribution is 3.01. The Labute approximate surface area is 222 Å². The summed E-state index contributed by atoms with van der Waals surface area (Å²) in [5.41, 5.74) is 10.4. The first-order valence-electron chi connectivity index (χ1n) is 12.6. The van der Waals surface area contributed by atoms with Gasteiger partial charge in [-0.25, -0.2) is 0 Å². The molecule has 1 saturated heterocycles. The molecule has 2 aromatic carbocycles. The fraction of sp³-hybridized carbons (Fsp3) is 0.355. The van der Waals surface area contributed by atoms with Crippen molar-refractivity contribution < 1.29 is 0 Å². The van der Waals surface area contributed by atoms with E-state index in [1.807, 2.05) is 0 Å². The fourth-order valence-corrected chi connectivity index (χ4v) is 25.8. The van der Waals surface area contributed by atoms with Gasteiger partial charge in [-0.05, 0) is 41.5 Å². The first-order valence-corrected chi connectivity index (χ1v) is 20.0. The molecule has 0 amide bonds. The number of hydrogen-bond acceptors (Lipinski definition) is 2. The van der Waals surface area contributed by atoms with Crippen LogP contribution in [0.2, 0.25) is 0 Å². The van der Waals surface area contributed by atoms with E-state index in [4.69, 9.17) is 0 Å². The Morgan fingerprint density at radius 1 is 0.543 bits per heavy atom. The van der Waals surface area contributed by atoms with E-state index in [-0.39, 0.29) is 0 Å². The molecule has 35 heavy (non-hydrogen) atoms. The topological polar surface area (TPSA) is 0 Å². The molecule has 0 bridgehead atoms. The zero-order valence-corrected chi connectivity index (χ0v) is 25.8. The van der Waals surface area contributed by atoms with Crippen molar-refractivity contribution >= 4 is 46.3 Å². The first-order chi connectivity index (χ1) is 16.8. The van der Waals surface area contributed by atoms with E-state index in [2.05, 4.69) is 137 Å². The van der Waals surface area contributed by atoms with Crippen LogP contribution in [0.5, 0.6) is 0 Å². The summed E-state index contributed by atoms with van der Waals surface area (Å²) < 4.78 is 0. The summed E-state index contributed by atoms with van der Waals surface area (Å²) in [5, 5.41) is 6.88. The second kappa shape index (κ2) is 9.36. The molecular formula is C31H38P2S2+2. The van der Waals surface area contributed by atoms with Gasteiger partial charge in [0.2, 0.25) is 0 Å². The highest BCUT2D eigenvalue weighted by atomic mass is 32.7. The third kappa shape index (κ3) is 3.36. The van der Waals surface area contributed by atoms with E-state index in [9.17, 15) is 0 Å². The highest BCUT2D eigenvalue weighted by Gasteiger charge is 2.71. The van der Waals surface area contributed by atoms with Crippen molar-refractivity contribution in [3.63, 3.8) is 0 Å². The average Bonchev–Trinajstić information content (AvgIpc) is 3.21. The lowest BCUT2D eigenvalue weighted by Crippen LogP contribution is -2.14. The summed E-state index contributed by atoms with van der Waals surface area (Å²) in [7, 11) is 0. The molecule has 3 aliphatic heterocycles. The van der Waals surface area contributed by atoms with E-state index >= 15 is 0 Å². The minimum Gasteiger partial charge on any atom is -0.0622 e. The van der Waals surface area contributed by atoms with Crippen LogP contribution in [0, 0.1) is 0 Å². The van der Waals surface area contributed by atoms with Gasteiger partial charge in [0.1, 0.15) is 23.6 Å². The third-order valence-corrected chi connectivity index (χ3v) is 25.7. The third-order valence-electron chi connectivity index (χ3n) is 8.69. The molecule has 0 saturated carbocycles. The van der Waals surface area contributed by atoms with E-state index in [0.29, 0.717) is 11.3 Å². The Morgan fingerprint density at radius 2 is 0.857 bits per heavy atom. The maximum absolute atomic E-state index is 2.59. The minimum atomic E-state index is -1.65. The van der Waals surface area contributed by atoms with Crippen molar-refractivity contribution in [3.05, 3.63) is 105 Å². The van der Waals surface area contributed by atoms with Crippen molar-refractivity contribution in [2.75, 3.05) is 12.5 Å². The molecule has 0 spiro atoms. The SMILES string of the molecule is CS[P+]12C(=C(C)C(C)=C1c1ccccc1)C1=C(C)C(C)=C(c3ccccc3)[P+]1(SC)[C@@H](C)C[C@@H]2C. The summed E-state index contributed by atoms with van der Waals surface area (Å²) in [4.78, 5) is 0. The lowest BCUT2D eigenvalue weighted by molar-refractivity contribution is 0.792. The van der Waals surface area contributed by atoms with Crippen molar-refractivity contribution in [2.24, 2.45) is 0 Å². The van der Waals surface area contributed by atoms with Crippen LogP contribution >= 0.6 is 35.7 Å². The van der Waals surface area contributed by atoms with Gasteiger partial charge in [-0.15, -0.1) is 0 Å². The molecule has 0 nitrogen and oxygen atoms in total. The number of rotatable bonds is 4.